The second kappa shape index (κ2) is 8.24. The Bertz CT molecular complexity index is 770. The van der Waals surface area contributed by atoms with Gasteiger partial charge in [0.05, 0.1) is 12.8 Å². The van der Waals surface area contributed by atoms with Crippen molar-refractivity contribution in [1.82, 2.24) is 29.9 Å². The van der Waals surface area contributed by atoms with E-state index in [4.69, 9.17) is 4.42 Å². The molecule has 3 heterocycles. The highest BCUT2D eigenvalue weighted by molar-refractivity contribution is 5.91. The van der Waals surface area contributed by atoms with E-state index in [2.05, 4.69) is 15.5 Å². The first-order valence-corrected chi connectivity index (χ1v) is 9.18. The van der Waals surface area contributed by atoms with E-state index in [1.807, 2.05) is 18.4 Å². The van der Waals surface area contributed by atoms with E-state index in [-0.39, 0.29) is 24.0 Å². The first kappa shape index (κ1) is 18.9. The predicted molar refractivity (Wildman–Crippen MR) is 98.0 cm³/mol. The number of hydrogen-bond donors (Lipinski definition) is 1. The van der Waals surface area contributed by atoms with Crippen LogP contribution >= 0.6 is 0 Å². The molecule has 2 aromatic rings. The second-order valence-electron chi connectivity index (χ2n) is 7.12. The van der Waals surface area contributed by atoms with Crippen LogP contribution in [0.5, 0.6) is 0 Å². The van der Waals surface area contributed by atoms with Gasteiger partial charge in [0.2, 0.25) is 0 Å². The average Bonchev–Trinajstić information content (AvgIpc) is 3.33. The Kier molecular flexibility index (Phi) is 5.78. The smallest absolute Gasteiger partial charge is 0.317 e. The van der Waals surface area contributed by atoms with Gasteiger partial charge in [0.15, 0.2) is 11.6 Å². The normalized spacial score (nSPS) is 17.2. The number of rotatable bonds is 5. The van der Waals surface area contributed by atoms with Crippen LogP contribution in [0.3, 0.4) is 0 Å². The summed E-state index contributed by atoms with van der Waals surface area (Å²) in [4.78, 5) is 28.3. The van der Waals surface area contributed by atoms with Crippen molar-refractivity contribution in [3.63, 3.8) is 0 Å². The molecular weight excluding hydrogens is 348 g/mol. The Hall–Kier alpha value is -2.84. The number of carbonyl (C=O) groups excluding carboxylic acids is 2. The molecule has 2 aromatic heterocycles. The monoisotopic (exact) mass is 374 g/mol. The molecule has 9 heteroatoms. The summed E-state index contributed by atoms with van der Waals surface area (Å²) in [6, 6.07) is 3.30. The predicted octanol–water partition coefficient (Wildman–Crippen LogP) is 1.90. The van der Waals surface area contributed by atoms with E-state index in [1.54, 1.807) is 35.3 Å². The molecule has 1 atom stereocenters. The van der Waals surface area contributed by atoms with Gasteiger partial charge in [-0.25, -0.2) is 4.79 Å². The lowest BCUT2D eigenvalue weighted by molar-refractivity contribution is 0.0663. The van der Waals surface area contributed by atoms with Crippen LogP contribution in [-0.4, -0.2) is 62.7 Å². The van der Waals surface area contributed by atoms with E-state index >= 15 is 0 Å². The number of piperidine rings is 1. The fourth-order valence-corrected chi connectivity index (χ4v) is 3.22. The highest BCUT2D eigenvalue weighted by Gasteiger charge is 2.27. The van der Waals surface area contributed by atoms with Crippen molar-refractivity contribution < 1.29 is 14.0 Å². The summed E-state index contributed by atoms with van der Waals surface area (Å²) < 4.78 is 7.13. The van der Waals surface area contributed by atoms with Crippen molar-refractivity contribution in [2.45, 2.75) is 45.3 Å². The molecule has 1 aliphatic rings. The van der Waals surface area contributed by atoms with Crippen molar-refractivity contribution in [2.24, 2.45) is 0 Å². The number of urea groups is 1. The highest BCUT2D eigenvalue weighted by Crippen LogP contribution is 2.15. The second-order valence-corrected chi connectivity index (χ2v) is 7.12. The van der Waals surface area contributed by atoms with Gasteiger partial charge in [-0.3, -0.25) is 4.79 Å². The van der Waals surface area contributed by atoms with Gasteiger partial charge >= 0.3 is 6.03 Å². The first-order chi connectivity index (χ1) is 13.0. The summed E-state index contributed by atoms with van der Waals surface area (Å²) in [6.45, 7) is 5.59. The Labute approximate surface area is 158 Å². The van der Waals surface area contributed by atoms with Crippen LogP contribution in [0.25, 0.3) is 0 Å². The lowest BCUT2D eigenvalue weighted by atomic mass is 10.1. The third kappa shape index (κ3) is 4.47. The van der Waals surface area contributed by atoms with Gasteiger partial charge in [-0.15, -0.1) is 10.2 Å². The lowest BCUT2D eigenvalue weighted by Crippen LogP contribution is -2.52. The van der Waals surface area contributed by atoms with Crippen LogP contribution in [0.4, 0.5) is 4.79 Å². The Morgan fingerprint density at radius 3 is 2.96 bits per heavy atom. The van der Waals surface area contributed by atoms with E-state index in [9.17, 15) is 9.59 Å². The van der Waals surface area contributed by atoms with Crippen molar-refractivity contribution in [3.05, 3.63) is 36.3 Å². The summed E-state index contributed by atoms with van der Waals surface area (Å²) in [6.07, 6.45) is 4.83. The number of hydrogen-bond acceptors (Lipinski definition) is 5. The van der Waals surface area contributed by atoms with Crippen molar-refractivity contribution in [2.75, 3.05) is 20.1 Å². The van der Waals surface area contributed by atoms with Crippen LogP contribution in [0.2, 0.25) is 0 Å². The molecule has 27 heavy (non-hydrogen) atoms. The topological polar surface area (TPSA) is 96.5 Å². The molecule has 1 N–H and O–H groups in total. The Morgan fingerprint density at radius 1 is 1.44 bits per heavy atom. The van der Waals surface area contributed by atoms with Gasteiger partial charge in [0, 0.05) is 32.2 Å². The first-order valence-electron chi connectivity index (χ1n) is 9.18. The fourth-order valence-electron chi connectivity index (χ4n) is 3.22. The molecule has 3 amide bonds. The maximum Gasteiger partial charge on any atom is 0.317 e. The summed E-state index contributed by atoms with van der Waals surface area (Å²) in [7, 11) is 1.73. The van der Waals surface area contributed by atoms with Crippen LogP contribution in [0, 0.1) is 0 Å². The summed E-state index contributed by atoms with van der Waals surface area (Å²) in [5.41, 5.74) is 0. The van der Waals surface area contributed by atoms with Crippen molar-refractivity contribution in [1.29, 1.82) is 0 Å². The number of amides is 3. The number of furan rings is 1. The molecule has 1 saturated heterocycles. The highest BCUT2D eigenvalue weighted by atomic mass is 16.3. The number of carbonyl (C=O) groups is 2. The molecule has 1 aliphatic heterocycles. The van der Waals surface area contributed by atoms with Gasteiger partial charge in [-0.05, 0) is 38.8 Å². The van der Waals surface area contributed by atoms with E-state index in [0.29, 0.717) is 25.4 Å². The van der Waals surface area contributed by atoms with E-state index in [1.165, 1.54) is 6.26 Å². The quantitative estimate of drug-likeness (QED) is 0.862. The lowest BCUT2D eigenvalue weighted by Gasteiger charge is -2.33. The van der Waals surface area contributed by atoms with Gasteiger partial charge in [0.1, 0.15) is 6.33 Å². The van der Waals surface area contributed by atoms with Gasteiger partial charge in [0.25, 0.3) is 5.91 Å². The summed E-state index contributed by atoms with van der Waals surface area (Å²) in [5.74, 6) is 0.922. The fraction of sp³-hybridized carbons (Fsp3) is 0.556. The van der Waals surface area contributed by atoms with Crippen molar-refractivity contribution in [3.8, 4) is 0 Å². The zero-order valence-corrected chi connectivity index (χ0v) is 16.0. The number of nitrogens with zero attached hydrogens (tertiary/aromatic N) is 5. The molecule has 0 radical (unpaired) electrons. The van der Waals surface area contributed by atoms with Gasteiger partial charge < -0.3 is 24.1 Å². The zero-order chi connectivity index (χ0) is 19.4. The standard InChI is InChI=1S/C18H26N6O3/c1-13(2)24-12-19-21-16(24)11-22(3)18(26)20-14-6-4-8-23(10-14)17(25)15-7-5-9-27-15/h5,7,9,12-14H,4,6,8,10-11H2,1-3H3,(H,20,26)/t14-/m0/s1. The SMILES string of the molecule is CC(C)n1cnnc1CN(C)C(=O)N[C@H]1CCCN(C(=O)c2ccco2)C1. The number of likely N-dealkylation sites (tertiary alicyclic amines) is 1. The van der Waals surface area contributed by atoms with E-state index < -0.39 is 0 Å². The maximum atomic E-state index is 12.6. The average molecular weight is 374 g/mol. The van der Waals surface area contributed by atoms with Crippen LogP contribution < -0.4 is 5.32 Å². The summed E-state index contributed by atoms with van der Waals surface area (Å²) in [5, 5.41) is 11.0. The minimum atomic E-state index is -0.189. The Balaban J connectivity index is 1.55. The van der Waals surface area contributed by atoms with Gasteiger partial charge in [-0.2, -0.15) is 0 Å². The molecule has 3 rings (SSSR count). The molecule has 0 saturated carbocycles. The molecule has 0 unspecified atom stereocenters. The zero-order valence-electron chi connectivity index (χ0n) is 16.0. The number of nitrogens with one attached hydrogen (secondary N) is 1. The maximum absolute atomic E-state index is 12.6. The molecule has 0 spiro atoms. The van der Waals surface area contributed by atoms with Crippen LogP contribution in [0.1, 0.15) is 49.1 Å². The summed E-state index contributed by atoms with van der Waals surface area (Å²) >= 11 is 0. The van der Waals surface area contributed by atoms with Crippen LogP contribution in [-0.2, 0) is 6.54 Å². The largest absolute Gasteiger partial charge is 0.459 e. The van der Waals surface area contributed by atoms with Crippen molar-refractivity contribution >= 4 is 11.9 Å². The molecule has 0 bridgehead atoms. The molecule has 0 aromatic carbocycles. The molecular formula is C18H26N6O3. The van der Waals surface area contributed by atoms with Gasteiger partial charge in [-0.1, -0.05) is 0 Å². The third-order valence-electron chi connectivity index (χ3n) is 4.70. The molecule has 1 fully saturated rings. The third-order valence-corrected chi connectivity index (χ3v) is 4.70. The minimum absolute atomic E-state index is 0.0874. The number of aromatic nitrogens is 3. The molecule has 146 valence electrons. The molecule has 9 nitrogen and oxygen atoms in total. The Morgan fingerprint density at radius 2 is 2.26 bits per heavy atom. The molecule has 0 aliphatic carbocycles. The van der Waals surface area contributed by atoms with E-state index in [0.717, 1.165) is 18.7 Å². The minimum Gasteiger partial charge on any atom is -0.459 e. The van der Waals surface area contributed by atoms with Crippen LogP contribution in [0.15, 0.2) is 29.1 Å².